The third-order valence-electron chi connectivity index (χ3n) is 7.31. The predicted molar refractivity (Wildman–Crippen MR) is 208 cm³/mol. The SMILES string of the molecule is C.C=CC.C=CCC1(CC=C)Oc2ccc(OC)cc2C1=O.COc1ccc2c(c1)C(=O)C1(CC=CC1)O2.[CH3-].[CH3-].[Cl][Ru]([Cl])=[CH]c1ccccc1. The summed E-state index contributed by atoms with van der Waals surface area (Å²) < 4.78 is 23.8. The van der Waals surface area contributed by atoms with Gasteiger partial charge in [0.15, 0.2) is 11.2 Å². The number of methoxy groups -OCH3 is 2. The van der Waals surface area contributed by atoms with Gasteiger partial charge >= 0.3 is 73.4 Å². The molecule has 3 aromatic rings. The molecule has 3 aromatic carbocycles. The first kappa shape index (κ1) is 46.2. The first-order valence-corrected chi connectivity index (χ1v) is 20.3. The molecule has 3 aliphatic rings. The van der Waals surface area contributed by atoms with Crippen LogP contribution in [-0.2, 0) is 13.5 Å². The van der Waals surface area contributed by atoms with Gasteiger partial charge in [-0.3, -0.25) is 9.59 Å². The Labute approximate surface area is 312 Å². The molecule has 2 heterocycles. The van der Waals surface area contributed by atoms with Crippen molar-refractivity contribution >= 4 is 35.6 Å². The van der Waals surface area contributed by atoms with Gasteiger partial charge < -0.3 is 33.8 Å². The van der Waals surface area contributed by atoms with E-state index in [4.69, 9.17) is 38.3 Å². The Hall–Kier alpha value is -3.77. The van der Waals surface area contributed by atoms with Crippen LogP contribution in [0.4, 0.5) is 0 Å². The second-order valence-corrected chi connectivity index (χ2v) is 16.3. The van der Waals surface area contributed by atoms with Crippen LogP contribution >= 0.6 is 19.4 Å². The van der Waals surface area contributed by atoms with Crippen molar-refractivity contribution in [3.05, 3.63) is 148 Å². The standard InChI is InChI=1S/C15H16O3.C13H12O3.C7H6.C3H6.CH4.2CH3.2ClH.Ru/c1-4-8-15(9-5-2)14(16)12-10-11(17-3)6-7-13(12)18-15;1-15-9-4-5-11-10(8-9)12(14)13(16-11)6-2-3-7-13;1-7-5-3-2-4-6-7;1-3-2;;;;;;/h4-7,10H,1-2,8-9H2,3H3;2-5,8H,6-7H2,1H3;1-6H;3H,1H2,2H3;1H4;2*1H3;2*1H;/q;;;;;2*-1;;;+2/p-2. The molecule has 0 saturated carbocycles. The molecule has 0 saturated heterocycles. The Balaban J connectivity index is 0.000000694. The van der Waals surface area contributed by atoms with E-state index in [-0.39, 0.29) is 33.8 Å². The topological polar surface area (TPSA) is 71.1 Å². The van der Waals surface area contributed by atoms with Crippen LogP contribution in [0.3, 0.4) is 0 Å². The van der Waals surface area contributed by atoms with E-state index in [1.54, 1.807) is 62.8 Å². The number of hydrogen-bond acceptors (Lipinski definition) is 6. The zero-order valence-corrected chi connectivity index (χ0v) is 32.1. The summed E-state index contributed by atoms with van der Waals surface area (Å²) in [5, 5.41) is 0. The van der Waals surface area contributed by atoms with E-state index in [1.165, 1.54) is 0 Å². The number of halogens is 2. The Morgan fingerprint density at radius 1 is 0.780 bits per heavy atom. The number of carbonyl (C=O) groups is 2. The third-order valence-corrected chi connectivity index (χ3v) is 9.18. The molecule has 0 radical (unpaired) electrons. The number of benzene rings is 3. The molecule has 0 N–H and O–H groups in total. The Morgan fingerprint density at radius 3 is 1.68 bits per heavy atom. The van der Waals surface area contributed by atoms with E-state index >= 15 is 0 Å². The van der Waals surface area contributed by atoms with Crippen molar-refractivity contribution < 1.29 is 42.1 Å². The van der Waals surface area contributed by atoms with Gasteiger partial charge in [0.25, 0.3) is 0 Å². The number of carbonyl (C=O) groups excluding carboxylic acids is 2. The van der Waals surface area contributed by atoms with Crippen LogP contribution in [0.25, 0.3) is 0 Å². The minimum atomic E-state index is -1.61. The van der Waals surface area contributed by atoms with Crippen LogP contribution in [0.2, 0.25) is 0 Å². The van der Waals surface area contributed by atoms with Gasteiger partial charge in [0.2, 0.25) is 11.6 Å². The number of ether oxygens (including phenoxy) is 4. The van der Waals surface area contributed by atoms with E-state index in [0.717, 1.165) is 5.56 Å². The average Bonchev–Trinajstić information content (AvgIpc) is 3.73. The van der Waals surface area contributed by atoms with Gasteiger partial charge in [0.1, 0.15) is 23.0 Å². The van der Waals surface area contributed by atoms with Crippen molar-refractivity contribution in [1.29, 1.82) is 0 Å². The Bertz CT molecular complexity index is 1630. The summed E-state index contributed by atoms with van der Waals surface area (Å²) in [6, 6.07) is 20.5. The summed E-state index contributed by atoms with van der Waals surface area (Å²) in [4.78, 5) is 24.8. The van der Waals surface area contributed by atoms with Crippen LogP contribution in [0.5, 0.6) is 23.0 Å². The van der Waals surface area contributed by atoms with Gasteiger partial charge in [-0.05, 0) is 43.3 Å². The van der Waals surface area contributed by atoms with E-state index in [2.05, 4.69) is 19.7 Å². The zero-order valence-electron chi connectivity index (χ0n) is 28.8. The average molecular weight is 811 g/mol. The summed E-state index contributed by atoms with van der Waals surface area (Å²) in [6.07, 6.45) is 11.4. The van der Waals surface area contributed by atoms with Crippen LogP contribution < -0.4 is 18.9 Å². The second kappa shape index (κ2) is 22.1. The van der Waals surface area contributed by atoms with E-state index in [9.17, 15) is 9.59 Å². The molecule has 1 aliphatic carbocycles. The predicted octanol–water partition coefficient (Wildman–Crippen LogP) is 11.0. The minimum absolute atomic E-state index is 0. The van der Waals surface area contributed by atoms with Gasteiger partial charge in [-0.15, -0.1) is 19.7 Å². The zero-order chi connectivity index (χ0) is 34.5. The van der Waals surface area contributed by atoms with E-state index < -0.39 is 24.7 Å². The molecule has 9 heteroatoms. The van der Waals surface area contributed by atoms with Crippen LogP contribution in [0, 0.1) is 14.9 Å². The number of rotatable bonds is 7. The third kappa shape index (κ3) is 11.4. The number of allylic oxidation sites excluding steroid dienone is 1. The van der Waals surface area contributed by atoms with Crippen molar-refractivity contribution in [3.8, 4) is 23.0 Å². The van der Waals surface area contributed by atoms with Gasteiger partial charge in [0, 0.05) is 25.7 Å². The van der Waals surface area contributed by atoms with Gasteiger partial charge in [-0.25, -0.2) is 0 Å². The van der Waals surface area contributed by atoms with Crippen molar-refractivity contribution in [2.45, 2.75) is 51.2 Å². The second-order valence-electron chi connectivity index (χ2n) is 10.6. The summed E-state index contributed by atoms with van der Waals surface area (Å²) >= 11 is -1.61. The number of ketones is 2. The molecule has 274 valence electrons. The van der Waals surface area contributed by atoms with E-state index in [1.807, 2.05) is 60.1 Å². The van der Waals surface area contributed by atoms with Crippen molar-refractivity contribution in [1.82, 2.24) is 0 Å². The fourth-order valence-electron chi connectivity index (χ4n) is 5.14. The fraction of sp³-hybridized carbons (Fsp3) is 0.244. The summed E-state index contributed by atoms with van der Waals surface area (Å²) in [7, 11) is 14.5. The molecule has 50 heavy (non-hydrogen) atoms. The maximum absolute atomic E-state index is 12.5. The molecular weight excluding hydrogens is 760 g/mol. The molecule has 2 aliphatic heterocycles. The normalized spacial score (nSPS) is 14.5. The maximum atomic E-state index is 12.5. The fourth-order valence-corrected chi connectivity index (χ4v) is 6.96. The molecule has 0 atom stereocenters. The van der Waals surface area contributed by atoms with Crippen molar-refractivity contribution in [2.24, 2.45) is 0 Å². The van der Waals surface area contributed by atoms with E-state index in [0.29, 0.717) is 59.8 Å². The van der Waals surface area contributed by atoms with Crippen LogP contribution in [-0.4, -0.2) is 41.6 Å². The number of Topliss-reactive ketones (excluding diaryl/α,β-unsaturated/α-hetero) is 2. The van der Waals surface area contributed by atoms with Gasteiger partial charge in [0.05, 0.1) is 25.3 Å². The molecule has 0 amide bonds. The van der Waals surface area contributed by atoms with Crippen molar-refractivity contribution in [3.63, 3.8) is 0 Å². The number of fused-ring (bicyclic) bond motifs is 2. The molecule has 6 nitrogen and oxygen atoms in total. The van der Waals surface area contributed by atoms with Gasteiger partial charge in [-0.1, -0.05) is 37.8 Å². The Morgan fingerprint density at radius 2 is 1.24 bits per heavy atom. The first-order valence-electron chi connectivity index (χ1n) is 14.8. The molecule has 1 spiro atoms. The quantitative estimate of drug-likeness (QED) is 0.134. The molecule has 0 bridgehead atoms. The summed E-state index contributed by atoms with van der Waals surface area (Å²) in [5.74, 6) is 2.67. The molecule has 0 unspecified atom stereocenters. The molecular formula is C41H50Cl2O6Ru-2. The first-order chi connectivity index (χ1) is 22.6. The van der Waals surface area contributed by atoms with Gasteiger partial charge in [-0.2, -0.15) is 0 Å². The summed E-state index contributed by atoms with van der Waals surface area (Å²) in [6.45, 7) is 12.6. The monoisotopic (exact) mass is 810 g/mol. The summed E-state index contributed by atoms with van der Waals surface area (Å²) in [5.41, 5.74) is 0.791. The Kier molecular flexibility index (Phi) is 20.5. The molecule has 0 fully saturated rings. The van der Waals surface area contributed by atoms with Crippen LogP contribution in [0.15, 0.2) is 117 Å². The molecule has 0 aromatic heterocycles. The molecule has 6 rings (SSSR count). The van der Waals surface area contributed by atoms with Crippen molar-refractivity contribution in [2.75, 3.05) is 14.2 Å². The number of hydrogen-bond donors (Lipinski definition) is 0. The van der Waals surface area contributed by atoms with Crippen LogP contribution in [0.1, 0.15) is 66.3 Å².